The highest BCUT2D eigenvalue weighted by molar-refractivity contribution is 7.91. The first-order chi connectivity index (χ1) is 8.30. The molecule has 0 aromatic heterocycles. The Labute approximate surface area is 108 Å². The third-order valence-electron chi connectivity index (χ3n) is 3.13. The van der Waals surface area contributed by atoms with Crippen LogP contribution in [0.5, 0.6) is 0 Å². The maximum atomic E-state index is 11.6. The molecule has 0 amide bonds. The summed E-state index contributed by atoms with van der Waals surface area (Å²) in [6.07, 6.45) is 1.39. The molecule has 1 unspecified atom stereocenters. The molecule has 0 spiro atoms. The number of carboxylic acid groups (broad SMARTS) is 1. The van der Waals surface area contributed by atoms with E-state index in [1.807, 2.05) is 19.0 Å². The van der Waals surface area contributed by atoms with Crippen molar-refractivity contribution in [3.05, 3.63) is 0 Å². The second kappa shape index (κ2) is 6.49. The van der Waals surface area contributed by atoms with Gasteiger partial charge in [0.25, 0.3) is 0 Å². The molecular formula is C11H22N2O4S. The Bertz CT molecular complexity index is 381. The lowest BCUT2D eigenvalue weighted by molar-refractivity contribution is -0.138. The zero-order valence-electron chi connectivity index (χ0n) is 11.0. The van der Waals surface area contributed by atoms with E-state index < -0.39 is 15.8 Å². The van der Waals surface area contributed by atoms with E-state index in [0.717, 1.165) is 13.0 Å². The summed E-state index contributed by atoms with van der Waals surface area (Å²) in [5.41, 5.74) is 0. The van der Waals surface area contributed by atoms with Gasteiger partial charge in [-0.1, -0.05) is 0 Å². The molecule has 1 rings (SSSR count). The number of carboxylic acids is 1. The molecule has 0 aromatic rings. The summed E-state index contributed by atoms with van der Waals surface area (Å²) >= 11 is 0. The fourth-order valence-electron chi connectivity index (χ4n) is 2.18. The topological polar surface area (TPSA) is 77.9 Å². The van der Waals surface area contributed by atoms with Gasteiger partial charge in [0.1, 0.15) is 0 Å². The Hall–Kier alpha value is -0.660. The van der Waals surface area contributed by atoms with E-state index in [9.17, 15) is 13.2 Å². The van der Waals surface area contributed by atoms with Crippen molar-refractivity contribution in [3.8, 4) is 0 Å². The van der Waals surface area contributed by atoms with Crippen LogP contribution < -0.4 is 0 Å². The summed E-state index contributed by atoms with van der Waals surface area (Å²) in [6, 6.07) is -0.153. The van der Waals surface area contributed by atoms with Gasteiger partial charge in [0, 0.05) is 19.1 Å². The molecule has 0 aliphatic carbocycles. The van der Waals surface area contributed by atoms with Crippen LogP contribution in [0.1, 0.15) is 12.8 Å². The number of nitrogens with zero attached hydrogens (tertiary/aromatic N) is 2. The first kappa shape index (κ1) is 15.4. The quantitative estimate of drug-likeness (QED) is 0.706. The van der Waals surface area contributed by atoms with Crippen LogP contribution in [-0.2, 0) is 14.6 Å². The maximum Gasteiger partial charge on any atom is 0.317 e. The van der Waals surface area contributed by atoms with E-state index in [1.54, 1.807) is 4.90 Å². The molecule has 0 radical (unpaired) electrons. The predicted molar refractivity (Wildman–Crippen MR) is 69.4 cm³/mol. The Morgan fingerprint density at radius 2 is 2.00 bits per heavy atom. The molecule has 1 aliphatic heterocycles. The number of sulfone groups is 1. The Morgan fingerprint density at radius 3 is 2.50 bits per heavy atom. The number of likely N-dealkylation sites (N-methyl/N-ethyl adjacent to an activating group) is 1. The average Bonchev–Trinajstić information content (AvgIpc) is 2.22. The van der Waals surface area contributed by atoms with Gasteiger partial charge in [-0.25, -0.2) is 8.42 Å². The van der Waals surface area contributed by atoms with Crippen molar-refractivity contribution in [2.24, 2.45) is 0 Å². The lowest BCUT2D eigenvalue weighted by Gasteiger charge is -2.33. The largest absolute Gasteiger partial charge is 0.480 e. The molecule has 1 aliphatic rings. The molecule has 6 nitrogen and oxygen atoms in total. The van der Waals surface area contributed by atoms with Crippen LogP contribution in [0.25, 0.3) is 0 Å². The smallest absolute Gasteiger partial charge is 0.317 e. The minimum atomic E-state index is -3.00. The monoisotopic (exact) mass is 278 g/mol. The van der Waals surface area contributed by atoms with Crippen LogP contribution in [0, 0.1) is 0 Å². The molecule has 106 valence electrons. The molecule has 0 saturated carbocycles. The Morgan fingerprint density at radius 1 is 1.33 bits per heavy atom. The minimum absolute atomic E-state index is 0.0893. The third kappa shape index (κ3) is 5.32. The van der Waals surface area contributed by atoms with E-state index in [4.69, 9.17) is 5.11 Å². The van der Waals surface area contributed by atoms with Crippen molar-refractivity contribution in [2.45, 2.75) is 18.9 Å². The second-order valence-electron chi connectivity index (χ2n) is 5.08. The molecular weight excluding hydrogens is 256 g/mol. The van der Waals surface area contributed by atoms with Crippen LogP contribution in [0.15, 0.2) is 0 Å². The van der Waals surface area contributed by atoms with Crippen molar-refractivity contribution in [1.82, 2.24) is 9.80 Å². The van der Waals surface area contributed by atoms with Gasteiger partial charge in [0.15, 0.2) is 9.84 Å². The summed E-state index contributed by atoms with van der Waals surface area (Å²) < 4.78 is 23.2. The molecule has 7 heteroatoms. The standard InChI is InChI=1S/C11H22N2O4S/c1-12(2)5-6-13(8-11(14)15)10-4-3-7-18(16,17)9-10/h10H,3-9H2,1-2H3,(H,14,15). The zero-order valence-corrected chi connectivity index (χ0v) is 11.8. The average molecular weight is 278 g/mol. The van der Waals surface area contributed by atoms with Gasteiger partial charge < -0.3 is 10.0 Å². The molecule has 1 fully saturated rings. The molecule has 0 bridgehead atoms. The summed E-state index contributed by atoms with van der Waals surface area (Å²) in [4.78, 5) is 14.6. The van der Waals surface area contributed by atoms with Crippen LogP contribution in [-0.4, -0.2) is 80.6 Å². The Kier molecular flexibility index (Phi) is 5.55. The van der Waals surface area contributed by atoms with Crippen LogP contribution in [0.3, 0.4) is 0 Å². The maximum absolute atomic E-state index is 11.6. The highest BCUT2D eigenvalue weighted by Gasteiger charge is 2.30. The second-order valence-corrected chi connectivity index (χ2v) is 7.31. The minimum Gasteiger partial charge on any atom is -0.480 e. The fraction of sp³-hybridized carbons (Fsp3) is 0.909. The van der Waals surface area contributed by atoms with Gasteiger partial charge >= 0.3 is 5.97 Å². The van der Waals surface area contributed by atoms with Crippen molar-refractivity contribution in [1.29, 1.82) is 0 Å². The van der Waals surface area contributed by atoms with Gasteiger partial charge in [-0.2, -0.15) is 0 Å². The van der Waals surface area contributed by atoms with E-state index in [1.165, 1.54) is 0 Å². The third-order valence-corrected chi connectivity index (χ3v) is 4.93. The van der Waals surface area contributed by atoms with E-state index >= 15 is 0 Å². The number of hydrogen-bond donors (Lipinski definition) is 1. The van der Waals surface area contributed by atoms with Crippen molar-refractivity contribution in [3.63, 3.8) is 0 Å². The predicted octanol–water partition coefficient (Wildman–Crippen LogP) is -0.488. The summed E-state index contributed by atoms with van der Waals surface area (Å²) in [7, 11) is 0.827. The van der Waals surface area contributed by atoms with Crippen molar-refractivity contribution < 1.29 is 18.3 Å². The SMILES string of the molecule is CN(C)CCN(CC(=O)O)C1CCCS(=O)(=O)C1. The van der Waals surface area contributed by atoms with Crippen LogP contribution in [0.4, 0.5) is 0 Å². The fourth-order valence-corrected chi connectivity index (χ4v) is 3.92. The zero-order chi connectivity index (χ0) is 13.8. The molecule has 1 saturated heterocycles. The lowest BCUT2D eigenvalue weighted by atomic mass is 10.1. The molecule has 1 N–H and O–H groups in total. The van der Waals surface area contributed by atoms with Crippen LogP contribution >= 0.6 is 0 Å². The number of aliphatic carboxylic acids is 1. The molecule has 18 heavy (non-hydrogen) atoms. The first-order valence-corrected chi connectivity index (χ1v) is 7.93. The molecule has 1 heterocycles. The molecule has 0 aromatic carbocycles. The van der Waals surface area contributed by atoms with E-state index in [2.05, 4.69) is 0 Å². The van der Waals surface area contributed by atoms with Gasteiger partial charge in [-0.15, -0.1) is 0 Å². The van der Waals surface area contributed by atoms with E-state index in [-0.39, 0.29) is 24.1 Å². The highest BCUT2D eigenvalue weighted by atomic mass is 32.2. The van der Waals surface area contributed by atoms with E-state index in [0.29, 0.717) is 13.0 Å². The highest BCUT2D eigenvalue weighted by Crippen LogP contribution is 2.17. The van der Waals surface area contributed by atoms with Crippen molar-refractivity contribution >= 4 is 15.8 Å². The lowest BCUT2D eigenvalue weighted by Crippen LogP contribution is -2.48. The van der Waals surface area contributed by atoms with Gasteiger partial charge in [-0.05, 0) is 26.9 Å². The van der Waals surface area contributed by atoms with Gasteiger partial charge in [-0.3, -0.25) is 9.69 Å². The number of carbonyl (C=O) groups is 1. The van der Waals surface area contributed by atoms with Gasteiger partial charge in [0.2, 0.25) is 0 Å². The number of rotatable bonds is 6. The Balaban J connectivity index is 2.65. The summed E-state index contributed by atoms with van der Waals surface area (Å²) in [5, 5.41) is 8.91. The first-order valence-electron chi connectivity index (χ1n) is 6.11. The normalized spacial score (nSPS) is 23.4. The summed E-state index contributed by atoms with van der Waals surface area (Å²) in [5.74, 6) is -0.581. The number of hydrogen-bond acceptors (Lipinski definition) is 5. The van der Waals surface area contributed by atoms with Crippen LogP contribution in [0.2, 0.25) is 0 Å². The summed E-state index contributed by atoms with van der Waals surface area (Å²) in [6.45, 7) is 1.22. The van der Waals surface area contributed by atoms with Gasteiger partial charge in [0.05, 0.1) is 18.1 Å². The van der Waals surface area contributed by atoms with Crippen molar-refractivity contribution in [2.75, 3.05) is 45.2 Å². The molecule has 1 atom stereocenters.